The summed E-state index contributed by atoms with van der Waals surface area (Å²) >= 11 is 3.74. The molecule has 2 rings (SSSR count). The molecule has 3 nitrogen and oxygen atoms in total. The molecule has 0 heterocycles. The van der Waals surface area contributed by atoms with Gasteiger partial charge in [-0.2, -0.15) is 0 Å². The zero-order valence-corrected chi connectivity index (χ0v) is 14.2. The van der Waals surface area contributed by atoms with Crippen LogP contribution in [0.1, 0.15) is 21.5 Å². The molecule has 0 radical (unpaired) electrons. The van der Waals surface area contributed by atoms with E-state index in [9.17, 15) is 0 Å². The van der Waals surface area contributed by atoms with E-state index in [1.807, 2.05) is 12.1 Å². The molecule has 0 aliphatic heterocycles. The summed E-state index contributed by atoms with van der Waals surface area (Å²) in [6.45, 7) is 2.07. The molecule has 0 aromatic heterocycles. The largest absolute Gasteiger partial charge is 0.496 e. The number of benzene rings is 2. The lowest BCUT2D eigenvalue weighted by atomic mass is 10.0. The molecule has 0 aliphatic rings. The van der Waals surface area contributed by atoms with Gasteiger partial charge in [0.1, 0.15) is 5.75 Å². The van der Waals surface area contributed by atoms with Crippen molar-refractivity contribution in [1.82, 2.24) is 0 Å². The highest BCUT2D eigenvalue weighted by Gasteiger charge is 2.19. The molecule has 0 N–H and O–H groups in total. The Bertz CT molecular complexity index is 608. The number of hydrogen-bond donors (Lipinski definition) is 0. The van der Waals surface area contributed by atoms with E-state index >= 15 is 0 Å². The van der Waals surface area contributed by atoms with Gasteiger partial charge in [0.25, 0.3) is 0 Å². The highest BCUT2D eigenvalue weighted by atomic mass is 79.9. The lowest BCUT2D eigenvalue weighted by Gasteiger charge is -2.18. The summed E-state index contributed by atoms with van der Waals surface area (Å²) in [5.74, 6) is 2.10. The third kappa shape index (κ3) is 3.32. The molecule has 0 fully saturated rings. The van der Waals surface area contributed by atoms with Crippen molar-refractivity contribution >= 4 is 15.9 Å². The molecular weight excluding hydrogens is 332 g/mol. The molecule has 0 saturated carbocycles. The third-order valence-corrected chi connectivity index (χ3v) is 4.40. The maximum Gasteiger partial charge on any atom is 0.164 e. The first kappa shape index (κ1) is 15.7. The van der Waals surface area contributed by atoms with Gasteiger partial charge in [-0.05, 0) is 18.6 Å². The van der Waals surface area contributed by atoms with Crippen LogP contribution in [-0.2, 0) is 0 Å². The van der Waals surface area contributed by atoms with Gasteiger partial charge in [-0.3, -0.25) is 0 Å². The Morgan fingerprint density at radius 1 is 0.810 bits per heavy atom. The lowest BCUT2D eigenvalue weighted by molar-refractivity contribution is 0.347. The van der Waals surface area contributed by atoms with Gasteiger partial charge in [0.15, 0.2) is 11.5 Å². The second-order valence-electron chi connectivity index (χ2n) is 4.72. The molecule has 112 valence electrons. The number of rotatable bonds is 5. The van der Waals surface area contributed by atoms with Crippen LogP contribution in [0.2, 0.25) is 0 Å². The van der Waals surface area contributed by atoms with E-state index in [0.717, 1.165) is 16.9 Å². The van der Waals surface area contributed by atoms with Crippen molar-refractivity contribution < 1.29 is 14.2 Å². The maximum atomic E-state index is 5.49. The summed E-state index contributed by atoms with van der Waals surface area (Å²) in [6.07, 6.45) is 0. The standard InChI is InChI=1S/C17H19BrO3/c1-11-5-7-12(8-6-11)17(18)13-9-15(20-3)16(21-4)10-14(13)19-2/h5-10,17H,1-4H3. The van der Waals surface area contributed by atoms with E-state index in [0.29, 0.717) is 11.5 Å². The van der Waals surface area contributed by atoms with Crippen molar-refractivity contribution in [2.75, 3.05) is 21.3 Å². The fourth-order valence-electron chi connectivity index (χ4n) is 2.17. The minimum atomic E-state index is 0.0212. The van der Waals surface area contributed by atoms with Gasteiger partial charge in [0, 0.05) is 11.6 Å². The summed E-state index contributed by atoms with van der Waals surface area (Å²) in [6, 6.07) is 12.2. The summed E-state index contributed by atoms with van der Waals surface area (Å²) < 4.78 is 16.2. The van der Waals surface area contributed by atoms with Crippen LogP contribution in [0, 0.1) is 6.92 Å². The van der Waals surface area contributed by atoms with Crippen LogP contribution in [0.25, 0.3) is 0 Å². The van der Waals surface area contributed by atoms with Crippen LogP contribution in [-0.4, -0.2) is 21.3 Å². The van der Waals surface area contributed by atoms with E-state index in [2.05, 4.69) is 47.1 Å². The van der Waals surface area contributed by atoms with Crippen LogP contribution >= 0.6 is 15.9 Å². The number of halogens is 1. The molecule has 21 heavy (non-hydrogen) atoms. The highest BCUT2D eigenvalue weighted by Crippen LogP contribution is 2.42. The molecule has 0 saturated heterocycles. The van der Waals surface area contributed by atoms with Gasteiger partial charge in [-0.15, -0.1) is 0 Å². The first-order valence-corrected chi connectivity index (χ1v) is 7.52. The van der Waals surface area contributed by atoms with Gasteiger partial charge < -0.3 is 14.2 Å². The molecule has 1 unspecified atom stereocenters. The molecule has 0 aliphatic carbocycles. The van der Waals surface area contributed by atoms with Crippen molar-refractivity contribution in [1.29, 1.82) is 0 Å². The first-order valence-electron chi connectivity index (χ1n) is 6.61. The molecule has 0 spiro atoms. The average Bonchev–Trinajstić information content (AvgIpc) is 2.53. The molecule has 4 heteroatoms. The van der Waals surface area contributed by atoms with E-state index in [1.54, 1.807) is 21.3 Å². The number of alkyl halides is 1. The fraction of sp³-hybridized carbons (Fsp3) is 0.294. The maximum absolute atomic E-state index is 5.49. The van der Waals surface area contributed by atoms with E-state index < -0.39 is 0 Å². The monoisotopic (exact) mass is 350 g/mol. The quantitative estimate of drug-likeness (QED) is 0.742. The highest BCUT2D eigenvalue weighted by molar-refractivity contribution is 9.09. The summed E-state index contributed by atoms with van der Waals surface area (Å²) in [7, 11) is 4.89. The van der Waals surface area contributed by atoms with E-state index in [-0.39, 0.29) is 4.83 Å². The number of ether oxygens (including phenoxy) is 3. The Hall–Kier alpha value is -1.68. The predicted molar refractivity (Wildman–Crippen MR) is 88.0 cm³/mol. The summed E-state index contributed by atoms with van der Waals surface area (Å²) in [5.41, 5.74) is 3.39. The second kappa shape index (κ2) is 6.85. The second-order valence-corrected chi connectivity index (χ2v) is 5.64. The minimum Gasteiger partial charge on any atom is -0.496 e. The number of hydrogen-bond acceptors (Lipinski definition) is 3. The molecular formula is C17H19BrO3. The van der Waals surface area contributed by atoms with Crippen molar-refractivity contribution in [2.45, 2.75) is 11.8 Å². The fourth-order valence-corrected chi connectivity index (χ4v) is 2.83. The molecule has 0 amide bonds. The van der Waals surface area contributed by atoms with Crippen LogP contribution in [0.15, 0.2) is 36.4 Å². The first-order chi connectivity index (χ1) is 10.1. The van der Waals surface area contributed by atoms with Gasteiger partial charge in [-0.1, -0.05) is 45.8 Å². The zero-order chi connectivity index (χ0) is 15.4. The van der Waals surface area contributed by atoms with Crippen molar-refractivity contribution in [3.8, 4) is 17.2 Å². The third-order valence-electron chi connectivity index (χ3n) is 3.38. The van der Waals surface area contributed by atoms with Gasteiger partial charge in [-0.25, -0.2) is 0 Å². The normalized spacial score (nSPS) is 11.9. The minimum absolute atomic E-state index is 0.0212. The Morgan fingerprint density at radius 2 is 1.33 bits per heavy atom. The Morgan fingerprint density at radius 3 is 1.86 bits per heavy atom. The molecule has 2 aromatic carbocycles. The number of methoxy groups -OCH3 is 3. The average molecular weight is 351 g/mol. The summed E-state index contributed by atoms with van der Waals surface area (Å²) in [5, 5.41) is 0. The van der Waals surface area contributed by atoms with Gasteiger partial charge in [0.2, 0.25) is 0 Å². The Labute approximate surface area is 134 Å². The predicted octanol–water partition coefficient (Wildman–Crippen LogP) is 4.51. The molecule has 0 bridgehead atoms. The SMILES string of the molecule is COc1cc(OC)c(C(Br)c2ccc(C)cc2)cc1OC. The van der Waals surface area contributed by atoms with Crippen LogP contribution in [0.5, 0.6) is 17.2 Å². The van der Waals surface area contributed by atoms with Crippen molar-refractivity contribution in [2.24, 2.45) is 0 Å². The lowest BCUT2D eigenvalue weighted by Crippen LogP contribution is -2.00. The Kier molecular flexibility index (Phi) is 5.12. The van der Waals surface area contributed by atoms with Crippen LogP contribution in [0.3, 0.4) is 0 Å². The van der Waals surface area contributed by atoms with Gasteiger partial charge >= 0.3 is 0 Å². The smallest absolute Gasteiger partial charge is 0.164 e. The number of aryl methyl sites for hydroxylation is 1. The van der Waals surface area contributed by atoms with E-state index in [1.165, 1.54) is 5.56 Å². The molecule has 2 aromatic rings. The zero-order valence-electron chi connectivity index (χ0n) is 12.6. The van der Waals surface area contributed by atoms with Crippen molar-refractivity contribution in [3.63, 3.8) is 0 Å². The van der Waals surface area contributed by atoms with Crippen molar-refractivity contribution in [3.05, 3.63) is 53.1 Å². The van der Waals surface area contributed by atoms with Crippen LogP contribution in [0.4, 0.5) is 0 Å². The molecule has 1 atom stereocenters. The Balaban J connectivity index is 2.48. The van der Waals surface area contributed by atoms with Crippen LogP contribution < -0.4 is 14.2 Å². The topological polar surface area (TPSA) is 27.7 Å². The summed E-state index contributed by atoms with van der Waals surface area (Å²) in [4.78, 5) is 0.0212. The van der Waals surface area contributed by atoms with Gasteiger partial charge in [0.05, 0.1) is 26.2 Å². The van der Waals surface area contributed by atoms with E-state index in [4.69, 9.17) is 14.2 Å².